The van der Waals surface area contributed by atoms with Gasteiger partial charge in [0.05, 0.1) is 12.7 Å². The summed E-state index contributed by atoms with van der Waals surface area (Å²) in [7, 11) is -1.85. The largest absolute Gasteiger partial charge is 0.480 e. The number of ether oxygens (including phenoxy) is 1. The monoisotopic (exact) mass is 277 g/mol. The van der Waals surface area contributed by atoms with Gasteiger partial charge in [-0.2, -0.15) is 4.31 Å². The van der Waals surface area contributed by atoms with Gasteiger partial charge < -0.3 is 14.3 Å². The normalized spacial score (nSPS) is 11.5. The average Bonchev–Trinajstić information content (AvgIpc) is 2.76. The predicted octanol–water partition coefficient (Wildman–Crippen LogP) is -0.229. The summed E-state index contributed by atoms with van der Waals surface area (Å²) in [5.41, 5.74) is -0.0696. The number of esters is 1. The highest BCUT2D eigenvalue weighted by molar-refractivity contribution is 7.89. The molecule has 0 aliphatic rings. The van der Waals surface area contributed by atoms with E-state index in [4.69, 9.17) is 9.52 Å². The zero-order valence-corrected chi connectivity index (χ0v) is 10.4. The summed E-state index contributed by atoms with van der Waals surface area (Å²) < 4.78 is 33.3. The minimum Gasteiger partial charge on any atom is -0.480 e. The molecule has 0 bridgehead atoms. The highest BCUT2D eigenvalue weighted by Crippen LogP contribution is 2.18. The van der Waals surface area contributed by atoms with Crippen molar-refractivity contribution in [3.05, 3.63) is 17.9 Å². The lowest BCUT2D eigenvalue weighted by molar-refractivity contribution is -0.137. The number of rotatable bonds is 5. The molecule has 1 heterocycles. The van der Waals surface area contributed by atoms with E-state index in [2.05, 4.69) is 4.74 Å². The van der Waals surface area contributed by atoms with Crippen molar-refractivity contribution in [2.24, 2.45) is 0 Å². The second kappa shape index (κ2) is 5.19. The summed E-state index contributed by atoms with van der Waals surface area (Å²) in [6.45, 7) is -0.712. The van der Waals surface area contributed by atoms with Crippen molar-refractivity contribution in [3.8, 4) is 0 Å². The van der Waals surface area contributed by atoms with Crippen molar-refractivity contribution >= 4 is 22.0 Å². The molecule has 1 aromatic rings. The number of hydrogen-bond donors (Lipinski definition) is 1. The first-order chi connectivity index (χ1) is 8.28. The number of likely N-dealkylation sites (N-methyl/N-ethyl adjacent to an activating group) is 1. The zero-order chi connectivity index (χ0) is 13.9. The molecule has 0 atom stereocenters. The van der Waals surface area contributed by atoms with Gasteiger partial charge in [-0.05, 0) is 0 Å². The van der Waals surface area contributed by atoms with Gasteiger partial charge in [0.1, 0.15) is 12.8 Å². The van der Waals surface area contributed by atoms with E-state index < -0.39 is 33.6 Å². The van der Waals surface area contributed by atoms with Crippen LogP contribution in [0.3, 0.4) is 0 Å². The fourth-order valence-corrected chi connectivity index (χ4v) is 2.14. The molecule has 0 fully saturated rings. The molecule has 8 nitrogen and oxygen atoms in total. The Morgan fingerprint density at radius 1 is 1.50 bits per heavy atom. The van der Waals surface area contributed by atoms with Crippen LogP contribution < -0.4 is 0 Å². The van der Waals surface area contributed by atoms with Gasteiger partial charge in [-0.25, -0.2) is 13.2 Å². The molecule has 0 saturated heterocycles. The van der Waals surface area contributed by atoms with Crippen LogP contribution in [0.2, 0.25) is 0 Å². The van der Waals surface area contributed by atoms with Crippen molar-refractivity contribution in [2.45, 2.75) is 5.09 Å². The van der Waals surface area contributed by atoms with E-state index in [0.29, 0.717) is 4.31 Å². The van der Waals surface area contributed by atoms with Crippen LogP contribution in [0.25, 0.3) is 0 Å². The van der Waals surface area contributed by atoms with Gasteiger partial charge in [-0.3, -0.25) is 4.79 Å². The maximum absolute atomic E-state index is 11.8. The molecule has 1 rings (SSSR count). The number of carbonyl (C=O) groups excluding carboxylic acids is 1. The summed E-state index contributed by atoms with van der Waals surface area (Å²) in [6, 6.07) is 0.972. The Bertz CT molecular complexity index is 559. The van der Waals surface area contributed by atoms with Gasteiger partial charge >= 0.3 is 11.9 Å². The first-order valence-corrected chi connectivity index (χ1v) is 6.08. The van der Waals surface area contributed by atoms with Crippen LogP contribution in [0.5, 0.6) is 0 Å². The Morgan fingerprint density at radius 2 is 2.11 bits per heavy atom. The van der Waals surface area contributed by atoms with Crippen LogP contribution in [0.1, 0.15) is 10.4 Å². The molecular weight excluding hydrogens is 266 g/mol. The first-order valence-electron chi connectivity index (χ1n) is 4.64. The maximum Gasteiger partial charge on any atom is 0.341 e. The van der Waals surface area contributed by atoms with Crippen molar-refractivity contribution in [3.63, 3.8) is 0 Å². The van der Waals surface area contributed by atoms with E-state index >= 15 is 0 Å². The second-order valence-corrected chi connectivity index (χ2v) is 5.28. The molecule has 1 N–H and O–H groups in total. The molecule has 0 spiro atoms. The standard InChI is InChI=1S/C9H11NO7S/c1-10(4-7(11)12)18(14,15)8-3-6(5-17-8)9(13)16-2/h3,5H,4H2,1-2H3,(H,11,12). The number of carboxylic acid groups (broad SMARTS) is 1. The van der Waals surface area contributed by atoms with E-state index in [0.717, 1.165) is 26.5 Å². The molecule has 100 valence electrons. The number of sulfonamides is 1. The van der Waals surface area contributed by atoms with Crippen LogP contribution in [0.4, 0.5) is 0 Å². The van der Waals surface area contributed by atoms with Gasteiger partial charge in [-0.15, -0.1) is 0 Å². The number of furan rings is 1. The quantitative estimate of drug-likeness (QED) is 0.739. The average molecular weight is 277 g/mol. The Hall–Kier alpha value is -1.87. The van der Waals surface area contributed by atoms with Gasteiger partial charge in [0, 0.05) is 13.1 Å². The molecule has 0 amide bonds. The third-order valence-corrected chi connectivity index (χ3v) is 3.69. The lowest BCUT2D eigenvalue weighted by atomic mass is 10.3. The van der Waals surface area contributed by atoms with Crippen LogP contribution in [0.15, 0.2) is 21.8 Å². The van der Waals surface area contributed by atoms with E-state index in [1.165, 1.54) is 0 Å². The molecule has 0 radical (unpaired) electrons. The summed E-state index contributed by atoms with van der Waals surface area (Å²) >= 11 is 0. The lowest BCUT2D eigenvalue weighted by Gasteiger charge is -2.11. The van der Waals surface area contributed by atoms with Gasteiger partial charge in [-0.1, -0.05) is 0 Å². The zero-order valence-electron chi connectivity index (χ0n) is 9.61. The third kappa shape index (κ3) is 2.87. The number of methoxy groups -OCH3 is 1. The van der Waals surface area contributed by atoms with Crippen molar-refractivity contribution in [2.75, 3.05) is 20.7 Å². The molecule has 0 aromatic carbocycles. The summed E-state index contributed by atoms with van der Waals surface area (Å²) in [6.07, 6.45) is 0.924. The Labute approximate surface area is 103 Å². The second-order valence-electron chi connectivity index (χ2n) is 3.30. The van der Waals surface area contributed by atoms with Crippen molar-refractivity contribution in [1.29, 1.82) is 0 Å². The van der Waals surface area contributed by atoms with Crippen LogP contribution in [-0.4, -0.2) is 50.5 Å². The Kier molecular flexibility index (Phi) is 4.09. The van der Waals surface area contributed by atoms with E-state index in [1.807, 2.05) is 0 Å². The fourth-order valence-electron chi connectivity index (χ4n) is 1.11. The van der Waals surface area contributed by atoms with Crippen LogP contribution in [0, 0.1) is 0 Å². The number of aliphatic carboxylic acids is 1. The fraction of sp³-hybridized carbons (Fsp3) is 0.333. The number of carboxylic acids is 1. The molecule has 0 aliphatic heterocycles. The lowest BCUT2D eigenvalue weighted by Crippen LogP contribution is -2.31. The van der Waals surface area contributed by atoms with Gasteiger partial charge in [0.2, 0.25) is 5.09 Å². The summed E-state index contributed by atoms with van der Waals surface area (Å²) in [5.74, 6) is -2.05. The molecule has 0 aliphatic carbocycles. The van der Waals surface area contributed by atoms with Crippen molar-refractivity contribution in [1.82, 2.24) is 4.31 Å². The number of nitrogens with zero attached hydrogens (tertiary/aromatic N) is 1. The molecule has 9 heteroatoms. The highest BCUT2D eigenvalue weighted by Gasteiger charge is 2.27. The maximum atomic E-state index is 11.8. The summed E-state index contributed by atoms with van der Waals surface area (Å²) in [5, 5.41) is 7.99. The topological polar surface area (TPSA) is 114 Å². The van der Waals surface area contributed by atoms with Gasteiger partial charge in [0.25, 0.3) is 10.0 Å². The van der Waals surface area contributed by atoms with Gasteiger partial charge in [0.15, 0.2) is 0 Å². The molecular formula is C9H11NO7S. The Morgan fingerprint density at radius 3 is 2.61 bits per heavy atom. The third-order valence-electron chi connectivity index (χ3n) is 2.02. The van der Waals surface area contributed by atoms with Crippen molar-refractivity contribution < 1.29 is 32.3 Å². The predicted molar refractivity (Wildman–Crippen MR) is 57.5 cm³/mol. The molecule has 0 unspecified atom stereocenters. The molecule has 18 heavy (non-hydrogen) atoms. The Balaban J connectivity index is 3.02. The molecule has 0 saturated carbocycles. The van der Waals surface area contributed by atoms with E-state index in [9.17, 15) is 18.0 Å². The SMILES string of the molecule is COC(=O)c1coc(S(=O)(=O)N(C)CC(=O)O)c1. The minimum absolute atomic E-state index is 0.0696. The summed E-state index contributed by atoms with van der Waals surface area (Å²) in [4.78, 5) is 21.6. The van der Waals surface area contributed by atoms with E-state index in [1.54, 1.807) is 0 Å². The van der Waals surface area contributed by atoms with E-state index in [-0.39, 0.29) is 5.56 Å². The highest BCUT2D eigenvalue weighted by atomic mass is 32.2. The van der Waals surface area contributed by atoms with Crippen LogP contribution >= 0.6 is 0 Å². The first kappa shape index (κ1) is 14.2. The minimum atomic E-state index is -4.08. The molecule has 1 aromatic heterocycles. The number of carbonyl (C=O) groups is 2. The van der Waals surface area contributed by atoms with Crippen LogP contribution in [-0.2, 0) is 19.6 Å². The number of hydrogen-bond acceptors (Lipinski definition) is 6. The smallest absolute Gasteiger partial charge is 0.341 e.